The third-order valence-corrected chi connectivity index (χ3v) is 3.16. The maximum absolute atomic E-state index is 11.0. The average molecular weight is 260 g/mol. The number of carboxylic acid groups (broad SMARTS) is 1. The van der Waals surface area contributed by atoms with Crippen LogP contribution in [0.15, 0.2) is 24.3 Å². The van der Waals surface area contributed by atoms with Crippen molar-refractivity contribution in [2.45, 2.75) is 32.7 Å². The van der Waals surface area contributed by atoms with E-state index < -0.39 is 12.0 Å². The van der Waals surface area contributed by atoms with E-state index in [9.17, 15) is 4.79 Å². The molecule has 0 spiro atoms. The number of carboxylic acids is 1. The Labute approximate surface area is 111 Å². The van der Waals surface area contributed by atoms with Crippen molar-refractivity contribution in [3.63, 3.8) is 0 Å². The Bertz CT molecular complexity index is 580. The Hall–Kier alpha value is -2.24. The number of aliphatic carboxylic acids is 1. The first kappa shape index (κ1) is 13.2. The van der Waals surface area contributed by atoms with Crippen LogP contribution in [0.5, 0.6) is 0 Å². The molecule has 0 bridgehead atoms. The second kappa shape index (κ2) is 5.60. The van der Waals surface area contributed by atoms with Gasteiger partial charge in [-0.3, -0.25) is 0 Å². The highest BCUT2D eigenvalue weighted by molar-refractivity contribution is 5.71. The molecular weight excluding hydrogens is 244 g/mol. The van der Waals surface area contributed by atoms with Crippen molar-refractivity contribution in [2.24, 2.45) is 0 Å². The fraction of sp³-hybridized carbons (Fsp3) is 0.385. The van der Waals surface area contributed by atoms with Gasteiger partial charge < -0.3 is 5.11 Å². The molecule has 0 aliphatic heterocycles. The number of nitrogens with zero attached hydrogens (tertiary/aromatic N) is 4. The number of hydrogen-bond acceptors (Lipinski definition) is 4. The minimum Gasteiger partial charge on any atom is -0.480 e. The molecule has 0 saturated heterocycles. The van der Waals surface area contributed by atoms with Crippen molar-refractivity contribution in [1.82, 2.24) is 20.2 Å². The molecule has 0 aliphatic carbocycles. The summed E-state index contributed by atoms with van der Waals surface area (Å²) in [6.07, 6.45) is 1.41. The van der Waals surface area contributed by atoms with E-state index in [1.54, 1.807) is 6.92 Å². The molecule has 0 amide bonds. The standard InChI is InChI=1S/C13H16N4O2/c1-9-5-3-4-6-11(9)7-8-12-14-15-16-17(12)10(2)13(18)19/h3-6,10H,7-8H2,1-2H3,(H,18,19). The fourth-order valence-corrected chi connectivity index (χ4v) is 1.92. The van der Waals surface area contributed by atoms with E-state index in [1.165, 1.54) is 15.8 Å². The molecule has 0 radical (unpaired) electrons. The molecule has 1 heterocycles. The van der Waals surface area contributed by atoms with Gasteiger partial charge in [-0.25, -0.2) is 9.48 Å². The Morgan fingerprint density at radius 1 is 1.37 bits per heavy atom. The third-order valence-electron chi connectivity index (χ3n) is 3.16. The maximum Gasteiger partial charge on any atom is 0.328 e. The van der Waals surface area contributed by atoms with E-state index in [1.807, 2.05) is 12.1 Å². The summed E-state index contributed by atoms with van der Waals surface area (Å²) < 4.78 is 1.36. The van der Waals surface area contributed by atoms with Crippen LogP contribution in [0.2, 0.25) is 0 Å². The van der Waals surface area contributed by atoms with E-state index in [4.69, 9.17) is 5.11 Å². The first-order valence-corrected chi connectivity index (χ1v) is 6.13. The van der Waals surface area contributed by atoms with Gasteiger partial charge in [0.1, 0.15) is 6.04 Å². The molecule has 6 heteroatoms. The molecule has 1 aromatic carbocycles. The summed E-state index contributed by atoms with van der Waals surface area (Å²) in [7, 11) is 0. The van der Waals surface area contributed by atoms with Gasteiger partial charge in [0, 0.05) is 6.42 Å². The lowest BCUT2D eigenvalue weighted by Gasteiger charge is -2.09. The fourth-order valence-electron chi connectivity index (χ4n) is 1.92. The molecule has 0 fully saturated rings. The zero-order chi connectivity index (χ0) is 13.8. The summed E-state index contributed by atoms with van der Waals surface area (Å²) in [6.45, 7) is 3.62. The molecule has 0 saturated carbocycles. The van der Waals surface area contributed by atoms with E-state index in [2.05, 4.69) is 34.6 Å². The minimum absolute atomic E-state index is 0.596. The van der Waals surface area contributed by atoms with Crippen LogP contribution in [-0.2, 0) is 17.6 Å². The summed E-state index contributed by atoms with van der Waals surface area (Å²) >= 11 is 0. The van der Waals surface area contributed by atoms with Crippen LogP contribution in [0.1, 0.15) is 29.9 Å². The predicted octanol–water partition coefficient (Wildman–Crippen LogP) is 1.41. The largest absolute Gasteiger partial charge is 0.480 e. The summed E-state index contributed by atoms with van der Waals surface area (Å²) in [5.74, 6) is -0.345. The monoisotopic (exact) mass is 260 g/mol. The van der Waals surface area contributed by atoms with Gasteiger partial charge in [-0.2, -0.15) is 0 Å². The van der Waals surface area contributed by atoms with Crippen LogP contribution < -0.4 is 0 Å². The second-order valence-electron chi connectivity index (χ2n) is 4.48. The summed E-state index contributed by atoms with van der Waals surface area (Å²) in [5, 5.41) is 20.2. The number of rotatable bonds is 5. The van der Waals surface area contributed by atoms with Crippen molar-refractivity contribution in [3.8, 4) is 0 Å². The number of benzene rings is 1. The molecule has 1 unspecified atom stereocenters. The first-order chi connectivity index (χ1) is 9.09. The topological polar surface area (TPSA) is 80.9 Å². The lowest BCUT2D eigenvalue weighted by atomic mass is 10.0. The van der Waals surface area contributed by atoms with Crippen LogP contribution in [-0.4, -0.2) is 31.3 Å². The van der Waals surface area contributed by atoms with Gasteiger partial charge in [-0.15, -0.1) is 5.10 Å². The van der Waals surface area contributed by atoms with Crippen LogP contribution >= 0.6 is 0 Å². The van der Waals surface area contributed by atoms with Crippen molar-refractivity contribution < 1.29 is 9.90 Å². The highest BCUT2D eigenvalue weighted by atomic mass is 16.4. The van der Waals surface area contributed by atoms with Gasteiger partial charge in [0.15, 0.2) is 5.82 Å². The maximum atomic E-state index is 11.0. The molecule has 6 nitrogen and oxygen atoms in total. The van der Waals surface area contributed by atoms with Gasteiger partial charge in [-0.05, 0) is 41.8 Å². The van der Waals surface area contributed by atoms with E-state index >= 15 is 0 Å². The molecular formula is C13H16N4O2. The third kappa shape index (κ3) is 2.96. The number of aryl methyl sites for hydroxylation is 3. The highest BCUT2D eigenvalue weighted by Crippen LogP contribution is 2.12. The van der Waals surface area contributed by atoms with Crippen molar-refractivity contribution in [3.05, 3.63) is 41.2 Å². The molecule has 19 heavy (non-hydrogen) atoms. The molecule has 2 aromatic rings. The molecule has 1 aromatic heterocycles. The Morgan fingerprint density at radius 2 is 2.11 bits per heavy atom. The van der Waals surface area contributed by atoms with Gasteiger partial charge in [0.2, 0.25) is 0 Å². The summed E-state index contributed by atoms with van der Waals surface area (Å²) in [4.78, 5) is 11.0. The van der Waals surface area contributed by atoms with Gasteiger partial charge >= 0.3 is 5.97 Å². The van der Waals surface area contributed by atoms with Crippen LogP contribution in [0, 0.1) is 6.92 Å². The zero-order valence-corrected chi connectivity index (χ0v) is 10.9. The zero-order valence-electron chi connectivity index (χ0n) is 10.9. The average Bonchev–Trinajstić information content (AvgIpc) is 2.85. The lowest BCUT2D eigenvalue weighted by Crippen LogP contribution is -2.19. The van der Waals surface area contributed by atoms with E-state index in [0.717, 1.165) is 6.42 Å². The van der Waals surface area contributed by atoms with E-state index in [0.29, 0.717) is 12.2 Å². The molecule has 1 atom stereocenters. The van der Waals surface area contributed by atoms with Gasteiger partial charge in [0.25, 0.3) is 0 Å². The Kier molecular flexibility index (Phi) is 3.89. The lowest BCUT2D eigenvalue weighted by molar-refractivity contribution is -0.140. The first-order valence-electron chi connectivity index (χ1n) is 6.13. The minimum atomic E-state index is -0.940. The Balaban J connectivity index is 2.11. The Morgan fingerprint density at radius 3 is 2.79 bits per heavy atom. The summed E-state index contributed by atoms with van der Waals surface area (Å²) in [5.41, 5.74) is 2.44. The van der Waals surface area contributed by atoms with Crippen LogP contribution in [0.4, 0.5) is 0 Å². The highest BCUT2D eigenvalue weighted by Gasteiger charge is 2.18. The van der Waals surface area contributed by atoms with Gasteiger partial charge in [0.05, 0.1) is 0 Å². The predicted molar refractivity (Wildman–Crippen MR) is 68.8 cm³/mol. The SMILES string of the molecule is Cc1ccccc1CCc1nnnn1C(C)C(=O)O. The number of carbonyl (C=O) groups is 1. The van der Waals surface area contributed by atoms with Crippen LogP contribution in [0.3, 0.4) is 0 Å². The molecule has 1 N–H and O–H groups in total. The molecule has 100 valence electrons. The molecule has 0 aliphatic rings. The summed E-state index contributed by atoms with van der Waals surface area (Å²) in [6, 6.07) is 7.35. The second-order valence-corrected chi connectivity index (χ2v) is 4.48. The van der Waals surface area contributed by atoms with E-state index in [-0.39, 0.29) is 0 Å². The molecule has 2 rings (SSSR count). The normalized spacial score (nSPS) is 12.3. The van der Waals surface area contributed by atoms with Crippen molar-refractivity contribution in [1.29, 1.82) is 0 Å². The number of hydrogen-bond donors (Lipinski definition) is 1. The smallest absolute Gasteiger partial charge is 0.328 e. The van der Waals surface area contributed by atoms with Gasteiger partial charge in [-0.1, -0.05) is 24.3 Å². The van der Waals surface area contributed by atoms with Crippen molar-refractivity contribution in [2.75, 3.05) is 0 Å². The number of tetrazole rings is 1. The number of aromatic nitrogens is 4. The quantitative estimate of drug-likeness (QED) is 0.879. The van der Waals surface area contributed by atoms with Crippen molar-refractivity contribution >= 4 is 5.97 Å². The van der Waals surface area contributed by atoms with Crippen LogP contribution in [0.25, 0.3) is 0 Å².